The zero-order valence-corrected chi connectivity index (χ0v) is 7.85. The van der Waals surface area contributed by atoms with Crippen LogP contribution in [0.25, 0.3) is 0 Å². The minimum Gasteiger partial charge on any atom is -0.393 e. The molecule has 0 atom stereocenters. The van der Waals surface area contributed by atoms with Gasteiger partial charge in [-0.3, -0.25) is 4.68 Å². The molecular weight excluding hydrogens is 166 g/mol. The molecule has 1 fully saturated rings. The molecule has 0 spiro atoms. The Morgan fingerprint density at radius 1 is 1.38 bits per heavy atom. The lowest BCUT2D eigenvalue weighted by Crippen LogP contribution is -2.19. The molecule has 1 heterocycles. The Labute approximate surface area is 77.6 Å². The summed E-state index contributed by atoms with van der Waals surface area (Å²) in [5.41, 5.74) is 0. The Balaban J connectivity index is 2.06. The Kier molecular flexibility index (Phi) is 2.31. The second-order valence-corrected chi connectivity index (χ2v) is 3.75. The van der Waals surface area contributed by atoms with Crippen LogP contribution in [0.15, 0.2) is 6.33 Å². The van der Waals surface area contributed by atoms with E-state index in [1.807, 2.05) is 11.7 Å². The summed E-state index contributed by atoms with van der Waals surface area (Å²) in [5, 5.41) is 13.4. The molecule has 72 valence electrons. The molecule has 4 nitrogen and oxygen atoms in total. The van der Waals surface area contributed by atoms with Crippen molar-refractivity contribution < 1.29 is 5.11 Å². The molecule has 13 heavy (non-hydrogen) atoms. The molecule has 1 aromatic rings. The Morgan fingerprint density at radius 2 is 2.08 bits per heavy atom. The quantitative estimate of drug-likeness (QED) is 0.698. The minimum atomic E-state index is -0.0931. The first-order valence-electron chi connectivity index (χ1n) is 4.79. The van der Waals surface area contributed by atoms with Crippen molar-refractivity contribution >= 4 is 0 Å². The molecule has 1 N–H and O–H groups in total. The van der Waals surface area contributed by atoms with Crippen LogP contribution in [-0.2, 0) is 7.05 Å². The maximum Gasteiger partial charge on any atom is 0.138 e. The van der Waals surface area contributed by atoms with Crippen LogP contribution in [0.3, 0.4) is 0 Å². The first kappa shape index (κ1) is 8.69. The van der Waals surface area contributed by atoms with Crippen molar-refractivity contribution in [3.05, 3.63) is 12.2 Å². The molecule has 0 amide bonds. The number of aryl methyl sites for hydroxylation is 1. The Morgan fingerprint density at radius 3 is 2.62 bits per heavy atom. The van der Waals surface area contributed by atoms with Gasteiger partial charge in [-0.2, -0.15) is 5.10 Å². The summed E-state index contributed by atoms with van der Waals surface area (Å²) in [4.78, 5) is 4.23. The molecule has 1 aliphatic carbocycles. The molecule has 4 heteroatoms. The van der Waals surface area contributed by atoms with Crippen LogP contribution in [-0.4, -0.2) is 26.0 Å². The molecule has 2 rings (SSSR count). The first-order chi connectivity index (χ1) is 6.27. The SMILES string of the molecule is Cn1ncnc1[C@H]1CC[C@@H](O)CC1. The summed E-state index contributed by atoms with van der Waals surface area (Å²) in [6.07, 6.45) is 5.38. The van der Waals surface area contributed by atoms with E-state index in [0.29, 0.717) is 5.92 Å². The van der Waals surface area contributed by atoms with Crippen molar-refractivity contribution in [2.75, 3.05) is 0 Å². The maximum absolute atomic E-state index is 9.35. The Bertz CT molecular complexity index is 276. The van der Waals surface area contributed by atoms with E-state index in [4.69, 9.17) is 0 Å². The highest BCUT2D eigenvalue weighted by atomic mass is 16.3. The maximum atomic E-state index is 9.35. The summed E-state index contributed by atoms with van der Waals surface area (Å²) >= 11 is 0. The first-order valence-corrected chi connectivity index (χ1v) is 4.79. The molecule has 0 saturated heterocycles. The minimum absolute atomic E-state index is 0.0931. The predicted molar refractivity (Wildman–Crippen MR) is 48.2 cm³/mol. The number of aliphatic hydroxyl groups is 1. The third kappa shape index (κ3) is 1.72. The van der Waals surface area contributed by atoms with E-state index < -0.39 is 0 Å². The lowest BCUT2D eigenvalue weighted by molar-refractivity contribution is 0.120. The van der Waals surface area contributed by atoms with Crippen molar-refractivity contribution in [1.82, 2.24) is 14.8 Å². The highest BCUT2D eigenvalue weighted by molar-refractivity contribution is 4.97. The van der Waals surface area contributed by atoms with E-state index in [9.17, 15) is 5.11 Å². The van der Waals surface area contributed by atoms with E-state index in [2.05, 4.69) is 10.1 Å². The monoisotopic (exact) mass is 181 g/mol. The highest BCUT2D eigenvalue weighted by Crippen LogP contribution is 2.30. The Hall–Kier alpha value is -0.900. The van der Waals surface area contributed by atoms with Crippen LogP contribution in [0.1, 0.15) is 37.4 Å². The number of aliphatic hydroxyl groups excluding tert-OH is 1. The van der Waals surface area contributed by atoms with Crippen molar-refractivity contribution in [2.24, 2.45) is 7.05 Å². The van der Waals surface area contributed by atoms with Crippen molar-refractivity contribution in [3.63, 3.8) is 0 Å². The fourth-order valence-corrected chi connectivity index (χ4v) is 2.01. The van der Waals surface area contributed by atoms with E-state index in [0.717, 1.165) is 31.5 Å². The highest BCUT2D eigenvalue weighted by Gasteiger charge is 2.23. The molecule has 0 bridgehead atoms. The van der Waals surface area contributed by atoms with Gasteiger partial charge in [0, 0.05) is 13.0 Å². The van der Waals surface area contributed by atoms with Crippen LogP contribution in [0.2, 0.25) is 0 Å². The van der Waals surface area contributed by atoms with E-state index in [-0.39, 0.29) is 6.10 Å². The van der Waals surface area contributed by atoms with E-state index >= 15 is 0 Å². The smallest absolute Gasteiger partial charge is 0.138 e. The van der Waals surface area contributed by atoms with Crippen LogP contribution < -0.4 is 0 Å². The molecule has 0 radical (unpaired) electrons. The predicted octanol–water partition coefficient (Wildman–Crippen LogP) is 0.834. The fourth-order valence-electron chi connectivity index (χ4n) is 2.01. The summed E-state index contributed by atoms with van der Waals surface area (Å²) < 4.78 is 1.84. The van der Waals surface area contributed by atoms with Crippen LogP contribution in [0.5, 0.6) is 0 Å². The van der Waals surface area contributed by atoms with Gasteiger partial charge < -0.3 is 5.11 Å². The number of nitrogens with zero attached hydrogens (tertiary/aromatic N) is 3. The summed E-state index contributed by atoms with van der Waals surface area (Å²) in [6.45, 7) is 0. The number of aromatic nitrogens is 3. The lowest BCUT2D eigenvalue weighted by Gasteiger charge is -2.24. The van der Waals surface area contributed by atoms with Gasteiger partial charge in [0.05, 0.1) is 6.10 Å². The van der Waals surface area contributed by atoms with Crippen LogP contribution >= 0.6 is 0 Å². The van der Waals surface area contributed by atoms with Crippen LogP contribution in [0, 0.1) is 0 Å². The van der Waals surface area contributed by atoms with Gasteiger partial charge in [-0.1, -0.05) is 0 Å². The van der Waals surface area contributed by atoms with Gasteiger partial charge >= 0.3 is 0 Å². The number of rotatable bonds is 1. The van der Waals surface area contributed by atoms with Crippen molar-refractivity contribution in [2.45, 2.75) is 37.7 Å². The topological polar surface area (TPSA) is 50.9 Å². The summed E-state index contributed by atoms with van der Waals surface area (Å²) in [6, 6.07) is 0. The zero-order valence-electron chi connectivity index (χ0n) is 7.85. The molecule has 1 aromatic heterocycles. The van der Waals surface area contributed by atoms with Gasteiger partial charge in [-0.25, -0.2) is 4.98 Å². The van der Waals surface area contributed by atoms with Gasteiger partial charge in [0.15, 0.2) is 0 Å². The van der Waals surface area contributed by atoms with E-state index in [1.165, 1.54) is 0 Å². The molecule has 1 saturated carbocycles. The van der Waals surface area contributed by atoms with Crippen molar-refractivity contribution in [3.8, 4) is 0 Å². The fraction of sp³-hybridized carbons (Fsp3) is 0.778. The summed E-state index contributed by atoms with van der Waals surface area (Å²) in [7, 11) is 1.92. The lowest BCUT2D eigenvalue weighted by atomic mass is 9.87. The molecule has 0 aromatic carbocycles. The van der Waals surface area contributed by atoms with Gasteiger partial charge in [-0.15, -0.1) is 0 Å². The van der Waals surface area contributed by atoms with Gasteiger partial charge in [-0.05, 0) is 25.7 Å². The normalized spacial score (nSPS) is 29.1. The average Bonchev–Trinajstić information content (AvgIpc) is 2.53. The zero-order chi connectivity index (χ0) is 9.26. The van der Waals surface area contributed by atoms with Crippen molar-refractivity contribution in [1.29, 1.82) is 0 Å². The third-order valence-electron chi connectivity index (χ3n) is 2.81. The van der Waals surface area contributed by atoms with Gasteiger partial charge in [0.1, 0.15) is 12.2 Å². The molecular formula is C9H15N3O. The largest absolute Gasteiger partial charge is 0.393 e. The standard InChI is InChI=1S/C9H15N3O/c1-12-9(10-6-11-12)7-2-4-8(13)5-3-7/h6-8,13H,2-5H2,1H3/t7-,8+. The average molecular weight is 181 g/mol. The third-order valence-corrected chi connectivity index (χ3v) is 2.81. The second-order valence-electron chi connectivity index (χ2n) is 3.75. The van der Waals surface area contributed by atoms with Gasteiger partial charge in [0.25, 0.3) is 0 Å². The van der Waals surface area contributed by atoms with E-state index in [1.54, 1.807) is 6.33 Å². The molecule has 1 aliphatic rings. The number of hydrogen-bond acceptors (Lipinski definition) is 3. The number of hydrogen-bond donors (Lipinski definition) is 1. The van der Waals surface area contributed by atoms with Gasteiger partial charge in [0.2, 0.25) is 0 Å². The molecule has 0 unspecified atom stereocenters. The second kappa shape index (κ2) is 3.46. The summed E-state index contributed by atoms with van der Waals surface area (Å²) in [5.74, 6) is 1.56. The van der Waals surface area contributed by atoms with Crippen LogP contribution in [0.4, 0.5) is 0 Å². The molecule has 0 aliphatic heterocycles.